The second-order valence-corrected chi connectivity index (χ2v) is 5.43. The van der Waals surface area contributed by atoms with Crippen molar-refractivity contribution in [2.24, 2.45) is 0 Å². The summed E-state index contributed by atoms with van der Waals surface area (Å²) < 4.78 is 0. The molecule has 2 aromatic rings. The fourth-order valence-corrected chi connectivity index (χ4v) is 2.93. The van der Waals surface area contributed by atoms with Crippen molar-refractivity contribution in [2.75, 3.05) is 11.4 Å². The number of aromatic nitrogens is 2. The third kappa shape index (κ3) is 2.56. The zero-order valence-electron chi connectivity index (χ0n) is 10.8. The molecule has 1 saturated heterocycles. The third-order valence-electron chi connectivity index (χ3n) is 3.73. The van der Waals surface area contributed by atoms with E-state index in [0.29, 0.717) is 17.1 Å². The van der Waals surface area contributed by atoms with E-state index in [1.165, 1.54) is 5.56 Å². The highest BCUT2D eigenvalue weighted by Gasteiger charge is 2.30. The summed E-state index contributed by atoms with van der Waals surface area (Å²) >= 11 is 5.92. The van der Waals surface area contributed by atoms with Crippen LogP contribution in [0.1, 0.15) is 24.8 Å². The predicted molar refractivity (Wildman–Crippen MR) is 77.7 cm³/mol. The first kappa shape index (κ1) is 12.4. The van der Waals surface area contributed by atoms with Crippen LogP contribution in [0.3, 0.4) is 0 Å². The van der Waals surface area contributed by atoms with Crippen LogP contribution in [0.15, 0.2) is 42.7 Å². The number of hydrogen-bond donors (Lipinski definition) is 0. The molecule has 0 aliphatic carbocycles. The molecule has 3 rings (SSSR count). The van der Waals surface area contributed by atoms with Gasteiger partial charge in [0.1, 0.15) is 11.0 Å². The van der Waals surface area contributed by atoms with Gasteiger partial charge in [0.05, 0.1) is 12.4 Å². The van der Waals surface area contributed by atoms with Crippen molar-refractivity contribution in [3.63, 3.8) is 0 Å². The van der Waals surface area contributed by atoms with Crippen LogP contribution in [0, 0.1) is 0 Å². The van der Waals surface area contributed by atoms with Gasteiger partial charge >= 0.3 is 0 Å². The zero-order chi connectivity index (χ0) is 13.2. The molecule has 2 heterocycles. The van der Waals surface area contributed by atoms with Crippen LogP contribution in [-0.4, -0.2) is 22.6 Å². The van der Waals surface area contributed by atoms with Crippen LogP contribution in [0.2, 0.25) is 5.15 Å². The average Bonchev–Trinajstić information content (AvgIpc) is 2.82. The molecule has 98 valence electrons. The first-order valence-electron chi connectivity index (χ1n) is 6.53. The Labute approximate surface area is 118 Å². The molecule has 1 fully saturated rings. The van der Waals surface area contributed by atoms with Gasteiger partial charge in [-0.05, 0) is 18.9 Å². The van der Waals surface area contributed by atoms with Crippen molar-refractivity contribution in [1.82, 2.24) is 9.97 Å². The maximum atomic E-state index is 5.92. The molecule has 0 saturated carbocycles. The second kappa shape index (κ2) is 5.17. The molecular weight excluding hydrogens is 258 g/mol. The van der Waals surface area contributed by atoms with E-state index in [-0.39, 0.29) is 0 Å². The van der Waals surface area contributed by atoms with Gasteiger partial charge in [0.15, 0.2) is 0 Å². The van der Waals surface area contributed by atoms with Crippen LogP contribution in [-0.2, 0) is 0 Å². The van der Waals surface area contributed by atoms with E-state index >= 15 is 0 Å². The average molecular weight is 274 g/mol. The molecule has 3 nitrogen and oxygen atoms in total. The minimum atomic E-state index is 0.452. The van der Waals surface area contributed by atoms with E-state index in [1.807, 2.05) is 0 Å². The van der Waals surface area contributed by atoms with Crippen LogP contribution in [0.4, 0.5) is 5.82 Å². The molecule has 0 spiro atoms. The van der Waals surface area contributed by atoms with Gasteiger partial charge in [-0.25, -0.2) is 4.98 Å². The lowest BCUT2D eigenvalue weighted by molar-refractivity contribution is 0.696. The van der Waals surface area contributed by atoms with Crippen molar-refractivity contribution >= 4 is 17.4 Å². The van der Waals surface area contributed by atoms with Gasteiger partial charge in [-0.2, -0.15) is 0 Å². The molecular formula is C15H16ClN3. The van der Waals surface area contributed by atoms with Gasteiger partial charge in [-0.15, -0.1) is 0 Å². The van der Waals surface area contributed by atoms with Crippen LogP contribution in [0.25, 0.3) is 0 Å². The van der Waals surface area contributed by atoms with E-state index < -0.39 is 0 Å². The highest BCUT2D eigenvalue weighted by molar-refractivity contribution is 6.29. The minimum absolute atomic E-state index is 0.452. The predicted octanol–water partition coefficient (Wildman–Crippen LogP) is 3.51. The topological polar surface area (TPSA) is 29.0 Å². The molecule has 4 heteroatoms. The molecule has 2 unspecified atom stereocenters. The summed E-state index contributed by atoms with van der Waals surface area (Å²) in [5.41, 5.74) is 1.40. The van der Waals surface area contributed by atoms with Gasteiger partial charge in [-0.1, -0.05) is 41.9 Å². The van der Waals surface area contributed by atoms with E-state index in [0.717, 1.165) is 18.8 Å². The first-order chi connectivity index (χ1) is 9.24. The van der Waals surface area contributed by atoms with Crippen LogP contribution < -0.4 is 4.90 Å². The number of benzene rings is 1. The van der Waals surface area contributed by atoms with Gasteiger partial charge in [0.25, 0.3) is 0 Å². The maximum absolute atomic E-state index is 5.92. The van der Waals surface area contributed by atoms with Gasteiger partial charge in [0.2, 0.25) is 0 Å². The van der Waals surface area contributed by atoms with Crippen molar-refractivity contribution in [2.45, 2.75) is 25.3 Å². The highest BCUT2D eigenvalue weighted by atomic mass is 35.5. The summed E-state index contributed by atoms with van der Waals surface area (Å²) in [6.45, 7) is 3.20. The lowest BCUT2D eigenvalue weighted by Gasteiger charge is -2.22. The van der Waals surface area contributed by atoms with E-state index in [2.05, 4.69) is 52.1 Å². The Balaban J connectivity index is 1.82. The Morgan fingerprint density at radius 3 is 2.74 bits per heavy atom. The smallest absolute Gasteiger partial charge is 0.149 e. The summed E-state index contributed by atoms with van der Waals surface area (Å²) in [7, 11) is 0. The quantitative estimate of drug-likeness (QED) is 0.838. The van der Waals surface area contributed by atoms with Crippen LogP contribution in [0.5, 0.6) is 0 Å². The molecule has 19 heavy (non-hydrogen) atoms. The summed E-state index contributed by atoms with van der Waals surface area (Å²) in [5.74, 6) is 1.43. The number of rotatable bonds is 2. The Morgan fingerprint density at radius 2 is 2.00 bits per heavy atom. The highest BCUT2D eigenvalue weighted by Crippen LogP contribution is 2.34. The standard InChI is InChI=1S/C15H16ClN3/c1-11-7-13(12-5-3-2-4-6-12)10-19(11)15-9-17-8-14(16)18-15/h2-6,8-9,11,13H,7,10H2,1H3. The van der Waals surface area contributed by atoms with Gasteiger partial charge < -0.3 is 4.90 Å². The molecule has 0 amide bonds. The summed E-state index contributed by atoms with van der Waals surface area (Å²) in [6.07, 6.45) is 4.49. The monoisotopic (exact) mass is 273 g/mol. The van der Waals surface area contributed by atoms with Crippen molar-refractivity contribution in [3.05, 3.63) is 53.4 Å². The number of anilines is 1. The molecule has 2 atom stereocenters. The Bertz CT molecular complexity index is 558. The Morgan fingerprint density at radius 1 is 1.21 bits per heavy atom. The van der Waals surface area contributed by atoms with Crippen molar-refractivity contribution in [1.29, 1.82) is 0 Å². The molecule has 0 radical (unpaired) electrons. The lowest BCUT2D eigenvalue weighted by atomic mass is 9.97. The summed E-state index contributed by atoms with van der Waals surface area (Å²) in [5, 5.41) is 0.452. The summed E-state index contributed by atoms with van der Waals surface area (Å²) in [4.78, 5) is 10.8. The fraction of sp³-hybridized carbons (Fsp3) is 0.333. The molecule has 0 N–H and O–H groups in total. The van der Waals surface area contributed by atoms with Gasteiger partial charge in [-0.3, -0.25) is 4.98 Å². The molecule has 1 aliphatic heterocycles. The minimum Gasteiger partial charge on any atom is -0.352 e. The largest absolute Gasteiger partial charge is 0.352 e. The van der Waals surface area contributed by atoms with Crippen molar-refractivity contribution in [3.8, 4) is 0 Å². The van der Waals surface area contributed by atoms with E-state index in [1.54, 1.807) is 12.4 Å². The molecule has 1 aromatic carbocycles. The normalized spacial score (nSPS) is 22.7. The Hall–Kier alpha value is -1.61. The second-order valence-electron chi connectivity index (χ2n) is 5.04. The van der Waals surface area contributed by atoms with E-state index in [4.69, 9.17) is 11.6 Å². The maximum Gasteiger partial charge on any atom is 0.149 e. The summed E-state index contributed by atoms with van der Waals surface area (Å²) in [6, 6.07) is 11.1. The zero-order valence-corrected chi connectivity index (χ0v) is 11.6. The third-order valence-corrected chi connectivity index (χ3v) is 3.91. The van der Waals surface area contributed by atoms with Crippen molar-refractivity contribution < 1.29 is 0 Å². The SMILES string of the molecule is CC1CC(c2ccccc2)CN1c1cncc(Cl)n1. The van der Waals surface area contributed by atoms with Crippen LogP contribution >= 0.6 is 11.6 Å². The molecule has 0 bridgehead atoms. The van der Waals surface area contributed by atoms with Gasteiger partial charge in [0, 0.05) is 18.5 Å². The number of halogens is 1. The molecule has 1 aromatic heterocycles. The van der Waals surface area contributed by atoms with E-state index in [9.17, 15) is 0 Å². The first-order valence-corrected chi connectivity index (χ1v) is 6.91. The molecule has 1 aliphatic rings. The number of hydrogen-bond acceptors (Lipinski definition) is 3. The number of nitrogens with zero attached hydrogens (tertiary/aromatic N) is 3. The fourth-order valence-electron chi connectivity index (χ4n) is 2.79. The Kier molecular flexibility index (Phi) is 3.38. The lowest BCUT2D eigenvalue weighted by Crippen LogP contribution is -2.27.